The van der Waals surface area contributed by atoms with Crippen LogP contribution in [0.5, 0.6) is 0 Å². The van der Waals surface area contributed by atoms with E-state index in [-0.39, 0.29) is 11.6 Å². The standard InChI is InChI=1S/C26H34N8O2.C2HF3O2/c1-31(2)26(36)33-12-10-32(11-13-33)18-19-4-3-5-22(14-19)29-25-28-17-21-6-7-23(35)34(24(21)30-25)9-8-20-15-27-16-20;3-2(4,5)1(6)7/h3-7,14,17,20,27H,8-13,15-16,18H2,1-2H3,(H,28,29,30);(H,6,7). The summed E-state index contributed by atoms with van der Waals surface area (Å²) in [5.41, 5.74) is 2.71. The molecule has 2 amide bonds. The number of carbonyl (C=O) groups is 2. The first-order chi connectivity index (χ1) is 20.4. The maximum absolute atomic E-state index is 12.6. The maximum atomic E-state index is 12.6. The Bertz CT molecular complexity index is 1480. The van der Waals surface area contributed by atoms with Crippen LogP contribution in [0.3, 0.4) is 0 Å². The van der Waals surface area contributed by atoms with Gasteiger partial charge in [-0.1, -0.05) is 12.1 Å². The van der Waals surface area contributed by atoms with E-state index in [1.807, 2.05) is 17.0 Å². The van der Waals surface area contributed by atoms with Crippen molar-refractivity contribution in [3.05, 3.63) is 58.5 Å². The minimum atomic E-state index is -5.08. The van der Waals surface area contributed by atoms with Gasteiger partial charge in [0, 0.05) is 76.7 Å². The molecule has 3 N–H and O–H groups in total. The van der Waals surface area contributed by atoms with E-state index in [0.717, 1.165) is 63.3 Å². The van der Waals surface area contributed by atoms with Crippen LogP contribution in [-0.2, 0) is 17.9 Å². The summed E-state index contributed by atoms with van der Waals surface area (Å²) in [6.07, 6.45) is -2.36. The fourth-order valence-corrected chi connectivity index (χ4v) is 4.73. The Labute approximate surface area is 246 Å². The van der Waals surface area contributed by atoms with Crippen molar-refractivity contribution in [2.75, 3.05) is 58.7 Å². The molecule has 0 bridgehead atoms. The molecule has 4 heterocycles. The molecule has 0 atom stereocenters. The number of aliphatic carboxylic acids is 1. The molecule has 0 radical (unpaired) electrons. The van der Waals surface area contributed by atoms with Gasteiger partial charge in [0.2, 0.25) is 5.95 Å². The third-order valence-electron chi connectivity index (χ3n) is 7.21. The average molecular weight is 605 g/mol. The number of rotatable bonds is 7. The van der Waals surface area contributed by atoms with Crippen molar-refractivity contribution in [1.29, 1.82) is 0 Å². The molecule has 232 valence electrons. The number of aryl methyl sites for hydroxylation is 1. The van der Waals surface area contributed by atoms with Crippen molar-refractivity contribution in [1.82, 2.24) is 34.6 Å². The van der Waals surface area contributed by atoms with Crippen LogP contribution in [0, 0.1) is 5.92 Å². The largest absolute Gasteiger partial charge is 0.490 e. The zero-order chi connectivity index (χ0) is 31.1. The summed E-state index contributed by atoms with van der Waals surface area (Å²) < 4.78 is 33.5. The fraction of sp³-hybridized carbons (Fsp3) is 0.464. The first kappa shape index (κ1) is 31.7. The molecule has 2 aromatic heterocycles. The summed E-state index contributed by atoms with van der Waals surface area (Å²) in [6, 6.07) is 11.7. The topological polar surface area (TPSA) is 136 Å². The van der Waals surface area contributed by atoms with E-state index in [0.29, 0.717) is 24.1 Å². The predicted molar refractivity (Wildman–Crippen MR) is 154 cm³/mol. The number of alkyl halides is 3. The lowest BCUT2D eigenvalue weighted by Crippen LogP contribution is -2.51. The number of carboxylic acid groups (broad SMARTS) is 1. The molecule has 3 aromatic rings. The van der Waals surface area contributed by atoms with E-state index in [4.69, 9.17) is 14.9 Å². The van der Waals surface area contributed by atoms with Crippen LogP contribution in [0.4, 0.5) is 29.6 Å². The summed E-state index contributed by atoms with van der Waals surface area (Å²) in [7, 11) is 3.58. The maximum Gasteiger partial charge on any atom is 0.490 e. The molecule has 1 aromatic carbocycles. The molecule has 2 saturated heterocycles. The average Bonchev–Trinajstić information content (AvgIpc) is 2.93. The van der Waals surface area contributed by atoms with Gasteiger partial charge in [-0.3, -0.25) is 14.3 Å². The number of hydrogen-bond donors (Lipinski definition) is 3. The molecule has 0 saturated carbocycles. The van der Waals surface area contributed by atoms with Gasteiger partial charge in [0.15, 0.2) is 0 Å². The molecule has 5 rings (SSSR count). The molecule has 0 unspecified atom stereocenters. The van der Waals surface area contributed by atoms with Crippen LogP contribution in [0.2, 0.25) is 0 Å². The molecule has 2 aliphatic heterocycles. The lowest BCUT2D eigenvalue weighted by molar-refractivity contribution is -0.192. The van der Waals surface area contributed by atoms with Gasteiger partial charge in [-0.25, -0.2) is 14.6 Å². The highest BCUT2D eigenvalue weighted by atomic mass is 19.4. The Morgan fingerprint density at radius 3 is 2.42 bits per heavy atom. The molecule has 15 heteroatoms. The Kier molecular flexibility index (Phi) is 10.2. The SMILES string of the molecule is CN(C)C(=O)N1CCN(Cc2cccc(Nc3ncc4ccc(=O)n(CCC5CNC5)c4n3)c2)CC1.O=C(O)C(F)(F)F. The van der Waals surface area contributed by atoms with Crippen LogP contribution < -0.4 is 16.2 Å². The molecule has 43 heavy (non-hydrogen) atoms. The number of amides is 2. The Morgan fingerprint density at radius 2 is 1.81 bits per heavy atom. The first-order valence-corrected chi connectivity index (χ1v) is 13.8. The third-order valence-corrected chi connectivity index (χ3v) is 7.21. The molecule has 12 nitrogen and oxygen atoms in total. The number of piperazine rings is 1. The third kappa shape index (κ3) is 8.64. The summed E-state index contributed by atoms with van der Waals surface area (Å²) in [4.78, 5) is 48.7. The number of hydrogen-bond acceptors (Lipinski definition) is 8. The van der Waals surface area contributed by atoms with Gasteiger partial charge in [0.1, 0.15) is 5.65 Å². The number of nitrogens with zero attached hydrogens (tertiary/aromatic N) is 6. The van der Waals surface area contributed by atoms with Crippen LogP contribution in [-0.4, -0.2) is 106 Å². The quantitative estimate of drug-likeness (QED) is 0.372. The number of nitrogens with one attached hydrogen (secondary N) is 2. The summed E-state index contributed by atoms with van der Waals surface area (Å²) in [5, 5.41) is 14.6. The lowest BCUT2D eigenvalue weighted by atomic mass is 9.99. The fourth-order valence-electron chi connectivity index (χ4n) is 4.73. The Balaban J connectivity index is 0.000000541. The highest BCUT2D eigenvalue weighted by Crippen LogP contribution is 2.20. The van der Waals surface area contributed by atoms with E-state index in [1.54, 1.807) is 41.9 Å². The first-order valence-electron chi connectivity index (χ1n) is 13.8. The number of carbonyl (C=O) groups excluding carboxylic acids is 1. The number of pyridine rings is 1. The second-order valence-electron chi connectivity index (χ2n) is 10.7. The molecular formula is C28H35F3N8O4. The monoisotopic (exact) mass is 604 g/mol. The Morgan fingerprint density at radius 1 is 1.12 bits per heavy atom. The smallest absolute Gasteiger partial charge is 0.475 e. The number of aromatic nitrogens is 3. The van der Waals surface area contributed by atoms with E-state index in [2.05, 4.69) is 32.7 Å². The van der Waals surface area contributed by atoms with E-state index in [1.165, 1.54) is 5.56 Å². The normalized spacial score (nSPS) is 15.8. The minimum absolute atomic E-state index is 0.0335. The molecular weight excluding hydrogens is 569 g/mol. The van der Waals surface area contributed by atoms with E-state index < -0.39 is 12.1 Å². The molecule has 2 aliphatic rings. The van der Waals surface area contributed by atoms with E-state index in [9.17, 15) is 22.8 Å². The summed E-state index contributed by atoms with van der Waals surface area (Å²) in [6.45, 7) is 6.66. The van der Waals surface area contributed by atoms with Crippen molar-refractivity contribution >= 4 is 34.7 Å². The van der Waals surface area contributed by atoms with Crippen LogP contribution in [0.15, 0.2) is 47.4 Å². The van der Waals surface area contributed by atoms with Crippen LogP contribution >= 0.6 is 0 Å². The number of halogens is 3. The zero-order valence-corrected chi connectivity index (χ0v) is 24.0. The van der Waals surface area contributed by atoms with Gasteiger partial charge in [-0.2, -0.15) is 18.2 Å². The van der Waals surface area contributed by atoms with Crippen LogP contribution in [0.25, 0.3) is 11.0 Å². The van der Waals surface area contributed by atoms with Gasteiger partial charge < -0.3 is 25.5 Å². The van der Waals surface area contributed by atoms with Gasteiger partial charge in [0.05, 0.1) is 0 Å². The van der Waals surface area contributed by atoms with Crippen molar-refractivity contribution in [2.45, 2.75) is 25.7 Å². The van der Waals surface area contributed by atoms with Crippen molar-refractivity contribution in [3.8, 4) is 0 Å². The van der Waals surface area contributed by atoms with Crippen molar-refractivity contribution in [3.63, 3.8) is 0 Å². The number of urea groups is 1. The van der Waals surface area contributed by atoms with Gasteiger partial charge in [-0.15, -0.1) is 0 Å². The summed E-state index contributed by atoms with van der Waals surface area (Å²) in [5.74, 6) is -1.67. The molecule has 2 fully saturated rings. The number of anilines is 2. The highest BCUT2D eigenvalue weighted by molar-refractivity contribution is 5.76. The lowest BCUT2D eigenvalue weighted by Gasteiger charge is -2.36. The highest BCUT2D eigenvalue weighted by Gasteiger charge is 2.38. The van der Waals surface area contributed by atoms with Gasteiger partial charge >= 0.3 is 18.2 Å². The molecule has 0 aliphatic carbocycles. The predicted octanol–water partition coefficient (Wildman–Crippen LogP) is 2.58. The second kappa shape index (κ2) is 13.8. The van der Waals surface area contributed by atoms with E-state index >= 15 is 0 Å². The Hall–Kier alpha value is -4.24. The summed E-state index contributed by atoms with van der Waals surface area (Å²) >= 11 is 0. The van der Waals surface area contributed by atoms with Crippen molar-refractivity contribution in [2.24, 2.45) is 5.92 Å². The number of carboxylic acids is 1. The number of benzene rings is 1. The van der Waals surface area contributed by atoms with Gasteiger partial charge in [-0.05, 0) is 49.2 Å². The van der Waals surface area contributed by atoms with Crippen LogP contribution in [0.1, 0.15) is 12.0 Å². The number of fused-ring (bicyclic) bond motifs is 1. The minimum Gasteiger partial charge on any atom is -0.475 e. The zero-order valence-electron chi connectivity index (χ0n) is 24.0. The van der Waals surface area contributed by atoms with Crippen molar-refractivity contribution < 1.29 is 27.9 Å². The van der Waals surface area contributed by atoms with Gasteiger partial charge in [0.25, 0.3) is 5.56 Å². The molecule has 0 spiro atoms. The second-order valence-corrected chi connectivity index (χ2v) is 10.7.